The average molecular weight is 374 g/mol. The van der Waals surface area contributed by atoms with Gasteiger partial charge in [-0.15, -0.1) is 0 Å². The predicted octanol–water partition coefficient (Wildman–Crippen LogP) is 4.40. The summed E-state index contributed by atoms with van der Waals surface area (Å²) in [6, 6.07) is 17.6. The highest BCUT2D eigenvalue weighted by Crippen LogP contribution is 2.34. The SMILES string of the molecule is CCOC(=O)c1ccccc1Nc1cc(N2CCc3ccccc32)nc(C)n1. The molecule has 4 rings (SSSR count). The molecule has 28 heavy (non-hydrogen) atoms. The summed E-state index contributed by atoms with van der Waals surface area (Å²) < 4.78 is 5.15. The fourth-order valence-corrected chi connectivity index (χ4v) is 3.45. The van der Waals surface area contributed by atoms with Gasteiger partial charge in [0.05, 0.1) is 17.9 Å². The van der Waals surface area contributed by atoms with E-state index in [4.69, 9.17) is 4.74 Å². The van der Waals surface area contributed by atoms with E-state index in [0.717, 1.165) is 18.8 Å². The molecule has 1 aromatic heterocycles. The smallest absolute Gasteiger partial charge is 0.340 e. The normalized spacial score (nSPS) is 12.6. The molecular weight excluding hydrogens is 352 g/mol. The standard InChI is InChI=1S/C22H22N4O2/c1-3-28-22(27)17-9-5-6-10-18(17)25-20-14-21(24-15(2)23-20)26-13-12-16-8-4-7-11-19(16)26/h4-11,14H,3,12-13H2,1-2H3,(H,23,24,25). The van der Waals surface area contributed by atoms with Crippen molar-refractivity contribution >= 4 is 29.0 Å². The van der Waals surface area contributed by atoms with Crippen LogP contribution in [0.5, 0.6) is 0 Å². The molecule has 0 spiro atoms. The van der Waals surface area contributed by atoms with E-state index in [2.05, 4.69) is 38.4 Å². The first-order valence-electron chi connectivity index (χ1n) is 9.40. The number of carbonyl (C=O) groups is 1. The number of fused-ring (bicyclic) bond motifs is 1. The van der Waals surface area contributed by atoms with Crippen LogP contribution in [-0.4, -0.2) is 29.1 Å². The number of benzene rings is 2. The van der Waals surface area contributed by atoms with E-state index in [1.165, 1.54) is 11.3 Å². The van der Waals surface area contributed by atoms with Crippen molar-refractivity contribution in [3.63, 3.8) is 0 Å². The monoisotopic (exact) mass is 374 g/mol. The van der Waals surface area contributed by atoms with Crippen LogP contribution in [0.1, 0.15) is 28.7 Å². The Morgan fingerprint density at radius 1 is 1.14 bits per heavy atom. The third-order valence-corrected chi connectivity index (χ3v) is 4.67. The minimum absolute atomic E-state index is 0.332. The molecular formula is C22H22N4O2. The lowest BCUT2D eigenvalue weighted by Gasteiger charge is -2.20. The molecule has 3 aromatic rings. The third-order valence-electron chi connectivity index (χ3n) is 4.67. The molecule has 0 fully saturated rings. The number of hydrogen-bond donors (Lipinski definition) is 1. The number of esters is 1. The maximum absolute atomic E-state index is 12.2. The Morgan fingerprint density at radius 3 is 2.79 bits per heavy atom. The quantitative estimate of drug-likeness (QED) is 0.668. The van der Waals surface area contributed by atoms with Gasteiger partial charge in [0.25, 0.3) is 0 Å². The molecule has 1 N–H and O–H groups in total. The molecule has 6 heteroatoms. The van der Waals surface area contributed by atoms with Crippen LogP contribution in [0.25, 0.3) is 0 Å². The number of rotatable bonds is 5. The summed E-state index contributed by atoms with van der Waals surface area (Å²) in [5, 5.41) is 3.26. The highest BCUT2D eigenvalue weighted by Gasteiger charge is 2.22. The summed E-state index contributed by atoms with van der Waals surface area (Å²) in [7, 11) is 0. The fraction of sp³-hybridized carbons (Fsp3) is 0.227. The van der Waals surface area contributed by atoms with Crippen LogP contribution in [0.2, 0.25) is 0 Å². The summed E-state index contributed by atoms with van der Waals surface area (Å²) in [4.78, 5) is 23.6. The van der Waals surface area contributed by atoms with Gasteiger partial charge in [-0.05, 0) is 44.0 Å². The lowest BCUT2D eigenvalue weighted by molar-refractivity contribution is 0.0527. The van der Waals surface area contributed by atoms with Gasteiger partial charge in [-0.3, -0.25) is 0 Å². The topological polar surface area (TPSA) is 67.3 Å². The highest BCUT2D eigenvalue weighted by atomic mass is 16.5. The first-order valence-corrected chi connectivity index (χ1v) is 9.40. The van der Waals surface area contributed by atoms with Gasteiger partial charge in [-0.2, -0.15) is 0 Å². The van der Waals surface area contributed by atoms with Gasteiger partial charge in [0, 0.05) is 18.3 Å². The molecule has 0 atom stereocenters. The van der Waals surface area contributed by atoms with E-state index in [1.54, 1.807) is 13.0 Å². The molecule has 0 aliphatic carbocycles. The Hall–Kier alpha value is -3.41. The molecule has 0 unspecified atom stereocenters. The molecule has 2 heterocycles. The molecule has 2 aromatic carbocycles. The number of nitrogens with zero attached hydrogens (tertiary/aromatic N) is 3. The van der Waals surface area contributed by atoms with Gasteiger partial charge in [0.1, 0.15) is 17.5 Å². The highest BCUT2D eigenvalue weighted by molar-refractivity contribution is 5.96. The van der Waals surface area contributed by atoms with Gasteiger partial charge in [-0.1, -0.05) is 30.3 Å². The van der Waals surface area contributed by atoms with Gasteiger partial charge in [0.15, 0.2) is 0 Å². The van der Waals surface area contributed by atoms with E-state index in [0.29, 0.717) is 29.5 Å². The van der Waals surface area contributed by atoms with Crippen LogP contribution >= 0.6 is 0 Å². The predicted molar refractivity (Wildman–Crippen MR) is 110 cm³/mol. The van der Waals surface area contributed by atoms with Gasteiger partial charge >= 0.3 is 5.97 Å². The Morgan fingerprint density at radius 2 is 1.93 bits per heavy atom. The Kier molecular flexibility index (Phi) is 4.93. The summed E-state index contributed by atoms with van der Waals surface area (Å²) in [5.41, 5.74) is 3.64. The van der Waals surface area contributed by atoms with Crippen LogP contribution in [0.4, 0.5) is 23.0 Å². The number of ether oxygens (including phenoxy) is 1. The van der Waals surface area contributed by atoms with Crippen molar-refractivity contribution in [2.75, 3.05) is 23.4 Å². The molecule has 142 valence electrons. The number of para-hydroxylation sites is 2. The van der Waals surface area contributed by atoms with Gasteiger partial charge < -0.3 is 15.0 Å². The van der Waals surface area contributed by atoms with Crippen molar-refractivity contribution in [2.45, 2.75) is 20.3 Å². The molecule has 0 saturated carbocycles. The van der Waals surface area contributed by atoms with E-state index in [1.807, 2.05) is 37.3 Å². The first-order chi connectivity index (χ1) is 13.7. The van der Waals surface area contributed by atoms with Crippen LogP contribution in [0.3, 0.4) is 0 Å². The van der Waals surface area contributed by atoms with Crippen molar-refractivity contribution < 1.29 is 9.53 Å². The zero-order valence-electron chi connectivity index (χ0n) is 16.0. The van der Waals surface area contributed by atoms with Crippen molar-refractivity contribution in [1.82, 2.24) is 9.97 Å². The van der Waals surface area contributed by atoms with Crippen LogP contribution in [0.15, 0.2) is 54.6 Å². The molecule has 1 aliphatic heterocycles. The lowest BCUT2D eigenvalue weighted by Crippen LogP contribution is -2.16. The maximum atomic E-state index is 12.2. The number of nitrogens with one attached hydrogen (secondary N) is 1. The molecule has 6 nitrogen and oxygen atoms in total. The number of anilines is 4. The third kappa shape index (κ3) is 3.53. The number of aryl methyl sites for hydroxylation is 1. The number of aromatic nitrogens is 2. The lowest BCUT2D eigenvalue weighted by atomic mass is 10.2. The van der Waals surface area contributed by atoms with Crippen molar-refractivity contribution in [2.24, 2.45) is 0 Å². The molecule has 1 aliphatic rings. The van der Waals surface area contributed by atoms with Crippen LogP contribution in [-0.2, 0) is 11.2 Å². The van der Waals surface area contributed by atoms with E-state index >= 15 is 0 Å². The fourth-order valence-electron chi connectivity index (χ4n) is 3.45. The van der Waals surface area contributed by atoms with Crippen molar-refractivity contribution in [3.05, 3.63) is 71.5 Å². The Labute approximate surface area is 164 Å². The van der Waals surface area contributed by atoms with Gasteiger partial charge in [0.2, 0.25) is 0 Å². The van der Waals surface area contributed by atoms with E-state index in [9.17, 15) is 4.79 Å². The van der Waals surface area contributed by atoms with Crippen LogP contribution < -0.4 is 10.2 Å². The second-order valence-corrected chi connectivity index (χ2v) is 6.58. The molecule has 0 radical (unpaired) electrons. The average Bonchev–Trinajstić information content (AvgIpc) is 3.12. The summed E-state index contributed by atoms with van der Waals surface area (Å²) in [5.74, 6) is 1.79. The second kappa shape index (κ2) is 7.68. The van der Waals surface area contributed by atoms with Crippen molar-refractivity contribution in [1.29, 1.82) is 0 Å². The minimum Gasteiger partial charge on any atom is -0.462 e. The molecule has 0 saturated heterocycles. The number of hydrogen-bond acceptors (Lipinski definition) is 6. The zero-order chi connectivity index (χ0) is 19.5. The Bertz CT molecular complexity index is 1020. The van der Waals surface area contributed by atoms with Gasteiger partial charge in [-0.25, -0.2) is 14.8 Å². The second-order valence-electron chi connectivity index (χ2n) is 6.58. The van der Waals surface area contributed by atoms with E-state index in [-0.39, 0.29) is 5.97 Å². The van der Waals surface area contributed by atoms with Crippen LogP contribution in [0, 0.1) is 6.92 Å². The largest absolute Gasteiger partial charge is 0.462 e. The zero-order valence-corrected chi connectivity index (χ0v) is 16.0. The molecule has 0 bridgehead atoms. The number of carbonyl (C=O) groups excluding carboxylic acids is 1. The summed E-state index contributed by atoms with van der Waals surface area (Å²) in [6.45, 7) is 4.88. The Balaban J connectivity index is 1.66. The summed E-state index contributed by atoms with van der Waals surface area (Å²) >= 11 is 0. The summed E-state index contributed by atoms with van der Waals surface area (Å²) in [6.07, 6.45) is 0.994. The first kappa shape index (κ1) is 18.0. The molecule has 0 amide bonds. The van der Waals surface area contributed by atoms with Crippen molar-refractivity contribution in [3.8, 4) is 0 Å². The minimum atomic E-state index is -0.356. The van der Waals surface area contributed by atoms with E-state index < -0.39 is 0 Å². The maximum Gasteiger partial charge on any atom is 0.340 e.